The maximum Gasteiger partial charge on any atom is 0.293 e. The summed E-state index contributed by atoms with van der Waals surface area (Å²) < 4.78 is 0. The lowest BCUT2D eigenvalue weighted by atomic mass is 9.93. The number of rotatable bonds is 3. The number of benzene rings is 1. The van der Waals surface area contributed by atoms with E-state index in [9.17, 15) is 10.1 Å². The average molecular weight is 227 g/mol. The number of halogens is 1. The van der Waals surface area contributed by atoms with Crippen LogP contribution in [-0.2, 0) is 0 Å². The quantitative estimate of drug-likeness (QED) is 0.636. The molecule has 0 aromatic heterocycles. The van der Waals surface area contributed by atoms with Crippen molar-refractivity contribution < 1.29 is 4.92 Å². The summed E-state index contributed by atoms with van der Waals surface area (Å²) in [5.74, 6) is 0. The number of hydrogen-bond acceptors (Lipinski definition) is 3. The van der Waals surface area contributed by atoms with Crippen molar-refractivity contribution in [3.05, 3.63) is 33.3 Å². The molecular weight excluding hydrogens is 216 g/mol. The maximum absolute atomic E-state index is 10.8. The van der Waals surface area contributed by atoms with E-state index in [0.29, 0.717) is 16.8 Å². The van der Waals surface area contributed by atoms with Crippen molar-refractivity contribution in [2.75, 3.05) is 5.32 Å². The lowest BCUT2D eigenvalue weighted by molar-refractivity contribution is -0.384. The van der Waals surface area contributed by atoms with E-state index in [1.54, 1.807) is 12.1 Å². The Morgan fingerprint density at radius 1 is 1.47 bits per heavy atom. The minimum absolute atomic E-state index is 0.0504. The summed E-state index contributed by atoms with van der Waals surface area (Å²) in [6, 6.07) is 5.05. The van der Waals surface area contributed by atoms with Gasteiger partial charge in [0.25, 0.3) is 5.69 Å². The second-order valence-electron chi connectivity index (χ2n) is 3.66. The van der Waals surface area contributed by atoms with Crippen molar-refractivity contribution >= 4 is 23.0 Å². The van der Waals surface area contributed by atoms with Crippen LogP contribution in [0.5, 0.6) is 0 Å². The van der Waals surface area contributed by atoms with Crippen molar-refractivity contribution in [3.63, 3.8) is 0 Å². The topological polar surface area (TPSA) is 55.2 Å². The Kier molecular flexibility index (Phi) is 2.77. The van der Waals surface area contributed by atoms with Gasteiger partial charge in [0.2, 0.25) is 0 Å². The van der Waals surface area contributed by atoms with E-state index >= 15 is 0 Å². The smallest absolute Gasteiger partial charge is 0.293 e. The van der Waals surface area contributed by atoms with Gasteiger partial charge in [0.1, 0.15) is 5.69 Å². The Labute approximate surface area is 92.4 Å². The first-order chi connectivity index (χ1) is 7.18. The molecule has 0 bridgehead atoms. The molecule has 0 heterocycles. The van der Waals surface area contributed by atoms with Gasteiger partial charge in [-0.15, -0.1) is 0 Å². The third kappa shape index (κ3) is 2.04. The highest BCUT2D eigenvalue weighted by Crippen LogP contribution is 2.35. The average Bonchev–Trinajstić information content (AvgIpc) is 2.12. The van der Waals surface area contributed by atoms with E-state index in [-0.39, 0.29) is 5.69 Å². The molecule has 5 heteroatoms. The zero-order chi connectivity index (χ0) is 10.8. The van der Waals surface area contributed by atoms with Crippen LogP contribution < -0.4 is 5.32 Å². The number of para-hydroxylation sites is 1. The van der Waals surface area contributed by atoms with Crippen LogP contribution >= 0.6 is 11.6 Å². The first kappa shape index (κ1) is 10.2. The maximum atomic E-state index is 10.8. The second-order valence-corrected chi connectivity index (χ2v) is 4.07. The number of nitrogens with zero attached hydrogens (tertiary/aromatic N) is 1. The number of anilines is 1. The highest BCUT2D eigenvalue weighted by Gasteiger charge is 2.23. The largest absolute Gasteiger partial charge is 0.376 e. The van der Waals surface area contributed by atoms with Gasteiger partial charge >= 0.3 is 0 Å². The summed E-state index contributed by atoms with van der Waals surface area (Å²) in [6.45, 7) is 0. The van der Waals surface area contributed by atoms with Gasteiger partial charge < -0.3 is 5.32 Å². The normalized spacial score (nSPS) is 15.8. The molecule has 1 saturated carbocycles. The lowest BCUT2D eigenvalue weighted by Crippen LogP contribution is -2.27. The summed E-state index contributed by atoms with van der Waals surface area (Å²) in [7, 11) is 0. The highest BCUT2D eigenvalue weighted by molar-refractivity contribution is 6.33. The van der Waals surface area contributed by atoms with Crippen molar-refractivity contribution in [2.45, 2.75) is 25.3 Å². The molecule has 80 valence electrons. The van der Waals surface area contributed by atoms with Gasteiger partial charge in [-0.05, 0) is 25.3 Å². The van der Waals surface area contributed by atoms with Crippen molar-refractivity contribution in [2.24, 2.45) is 0 Å². The molecule has 0 unspecified atom stereocenters. The Bertz CT molecular complexity index is 391. The van der Waals surface area contributed by atoms with Gasteiger partial charge in [0.15, 0.2) is 0 Å². The van der Waals surface area contributed by atoms with Gasteiger partial charge in [0.05, 0.1) is 9.95 Å². The third-order valence-corrected chi connectivity index (χ3v) is 2.96. The summed E-state index contributed by atoms with van der Waals surface area (Å²) in [5, 5.41) is 14.3. The van der Waals surface area contributed by atoms with E-state index in [1.165, 1.54) is 12.5 Å². The molecule has 0 amide bonds. The zero-order valence-electron chi connectivity index (χ0n) is 8.07. The first-order valence-corrected chi connectivity index (χ1v) is 5.25. The molecule has 0 saturated heterocycles. The Balaban J connectivity index is 2.29. The first-order valence-electron chi connectivity index (χ1n) is 4.88. The van der Waals surface area contributed by atoms with Crippen LogP contribution in [0.1, 0.15) is 19.3 Å². The molecule has 2 rings (SSSR count). The van der Waals surface area contributed by atoms with E-state index in [1.807, 2.05) is 0 Å². The second kappa shape index (κ2) is 4.06. The number of nitro groups is 1. The summed E-state index contributed by atoms with van der Waals surface area (Å²) in [6.07, 6.45) is 3.29. The molecule has 1 aromatic carbocycles. The molecule has 1 aromatic rings. The fourth-order valence-corrected chi connectivity index (χ4v) is 1.79. The fourth-order valence-electron chi connectivity index (χ4n) is 1.56. The van der Waals surface area contributed by atoms with Crippen molar-refractivity contribution in [3.8, 4) is 0 Å². The Morgan fingerprint density at radius 3 is 2.73 bits per heavy atom. The van der Waals surface area contributed by atoms with E-state index < -0.39 is 4.92 Å². The molecule has 0 spiro atoms. The van der Waals surface area contributed by atoms with Crippen molar-refractivity contribution in [1.82, 2.24) is 0 Å². The van der Waals surface area contributed by atoms with Crippen molar-refractivity contribution in [1.29, 1.82) is 0 Å². The Morgan fingerprint density at radius 2 is 2.20 bits per heavy atom. The standard InChI is InChI=1S/C10H11ClN2O2/c11-8-5-2-6-9(13(14)15)10(8)12-7-3-1-4-7/h2,5-7,12H,1,3-4H2. The summed E-state index contributed by atoms with van der Waals surface area (Å²) >= 11 is 5.93. The van der Waals surface area contributed by atoms with Crippen LogP contribution in [0.2, 0.25) is 5.02 Å². The van der Waals surface area contributed by atoms with E-state index in [4.69, 9.17) is 11.6 Å². The molecule has 0 aliphatic heterocycles. The summed E-state index contributed by atoms with van der Waals surface area (Å²) in [4.78, 5) is 10.4. The lowest BCUT2D eigenvalue weighted by Gasteiger charge is -2.27. The van der Waals surface area contributed by atoms with Gasteiger partial charge in [-0.2, -0.15) is 0 Å². The van der Waals surface area contributed by atoms with E-state index in [2.05, 4.69) is 5.32 Å². The van der Waals surface area contributed by atoms with Gasteiger partial charge in [-0.3, -0.25) is 10.1 Å². The van der Waals surface area contributed by atoms with Gasteiger partial charge in [-0.25, -0.2) is 0 Å². The van der Waals surface area contributed by atoms with Crippen LogP contribution in [0.4, 0.5) is 11.4 Å². The summed E-state index contributed by atoms with van der Waals surface area (Å²) in [5.41, 5.74) is 0.503. The molecule has 1 aliphatic carbocycles. The molecule has 1 aliphatic rings. The third-order valence-electron chi connectivity index (χ3n) is 2.64. The molecule has 0 atom stereocenters. The van der Waals surface area contributed by atoms with Crippen LogP contribution in [0.25, 0.3) is 0 Å². The zero-order valence-corrected chi connectivity index (χ0v) is 8.83. The number of nitrogens with one attached hydrogen (secondary N) is 1. The molecule has 4 nitrogen and oxygen atoms in total. The van der Waals surface area contributed by atoms with Gasteiger partial charge in [0, 0.05) is 12.1 Å². The minimum Gasteiger partial charge on any atom is -0.376 e. The van der Waals surface area contributed by atoms with Crippen LogP contribution in [0.15, 0.2) is 18.2 Å². The van der Waals surface area contributed by atoms with Gasteiger partial charge in [-0.1, -0.05) is 17.7 Å². The van der Waals surface area contributed by atoms with Crippen LogP contribution in [-0.4, -0.2) is 11.0 Å². The fraction of sp³-hybridized carbons (Fsp3) is 0.400. The Hall–Kier alpha value is -1.29. The van der Waals surface area contributed by atoms with Crippen LogP contribution in [0, 0.1) is 10.1 Å². The SMILES string of the molecule is O=[N+]([O-])c1cccc(Cl)c1NC1CCC1. The molecular formula is C10H11ClN2O2. The van der Waals surface area contributed by atoms with Crippen LogP contribution in [0.3, 0.4) is 0 Å². The number of nitro benzene ring substituents is 1. The van der Waals surface area contributed by atoms with E-state index in [0.717, 1.165) is 12.8 Å². The number of hydrogen-bond donors (Lipinski definition) is 1. The predicted molar refractivity (Wildman–Crippen MR) is 59.4 cm³/mol. The highest BCUT2D eigenvalue weighted by atomic mass is 35.5. The molecule has 1 N–H and O–H groups in total. The molecule has 1 fully saturated rings. The predicted octanol–water partition coefficient (Wildman–Crippen LogP) is 3.21. The molecule has 0 radical (unpaired) electrons. The molecule has 15 heavy (non-hydrogen) atoms. The monoisotopic (exact) mass is 226 g/mol. The minimum atomic E-state index is -0.410.